The Bertz CT molecular complexity index is 687. The summed E-state index contributed by atoms with van der Waals surface area (Å²) in [6, 6.07) is 5.94. The molecule has 1 aromatic heterocycles. The number of nitro benzene ring substituents is 1. The van der Waals surface area contributed by atoms with Crippen LogP contribution in [0.3, 0.4) is 0 Å². The molecule has 0 radical (unpaired) electrons. The maximum absolute atomic E-state index is 10.9. The van der Waals surface area contributed by atoms with E-state index >= 15 is 0 Å². The van der Waals surface area contributed by atoms with Crippen LogP contribution in [-0.4, -0.2) is 21.0 Å². The molecule has 0 aliphatic carbocycles. The molecule has 0 atom stereocenters. The summed E-state index contributed by atoms with van der Waals surface area (Å²) in [5, 5.41) is 25.7. The van der Waals surface area contributed by atoms with Gasteiger partial charge < -0.3 is 10.5 Å². The lowest BCUT2D eigenvalue weighted by Gasteiger charge is -2.10. The highest BCUT2D eigenvalue weighted by molar-refractivity contribution is 5.96. The smallest absolute Gasteiger partial charge is 0.276 e. The number of amidine groups is 1. The van der Waals surface area contributed by atoms with E-state index in [2.05, 4.69) is 10.2 Å². The molecule has 0 aliphatic heterocycles. The van der Waals surface area contributed by atoms with Crippen molar-refractivity contribution in [1.29, 1.82) is 5.41 Å². The number of rotatable bonds is 4. The number of benzene rings is 1. The maximum Gasteiger partial charge on any atom is 0.276 e. The Morgan fingerprint density at radius 2 is 2.20 bits per heavy atom. The summed E-state index contributed by atoms with van der Waals surface area (Å²) in [6.07, 6.45) is 1.38. The van der Waals surface area contributed by atoms with E-state index in [1.54, 1.807) is 13.0 Å². The van der Waals surface area contributed by atoms with Crippen LogP contribution in [0.1, 0.15) is 11.1 Å². The Hall–Kier alpha value is -3.03. The van der Waals surface area contributed by atoms with Crippen molar-refractivity contribution in [2.75, 3.05) is 0 Å². The highest BCUT2D eigenvalue weighted by Gasteiger charge is 2.17. The molecule has 0 amide bonds. The standard InChI is InChI=1S/C12H11N5O3/c1-7-9(17(18)19)3-2-4-10(7)20-12-8(11(13)14)5-6-15-16-12/h2-6H,1H3,(H3,13,14). The monoisotopic (exact) mass is 273 g/mol. The van der Waals surface area contributed by atoms with E-state index < -0.39 is 4.92 Å². The largest absolute Gasteiger partial charge is 0.436 e. The van der Waals surface area contributed by atoms with Gasteiger partial charge in [0.15, 0.2) is 0 Å². The lowest BCUT2D eigenvalue weighted by molar-refractivity contribution is -0.385. The van der Waals surface area contributed by atoms with Crippen LogP contribution in [-0.2, 0) is 0 Å². The fraction of sp³-hybridized carbons (Fsp3) is 0.0833. The fourth-order valence-electron chi connectivity index (χ4n) is 1.61. The Morgan fingerprint density at radius 1 is 1.45 bits per heavy atom. The van der Waals surface area contributed by atoms with E-state index in [0.717, 1.165) is 0 Å². The first-order valence-corrected chi connectivity index (χ1v) is 5.58. The van der Waals surface area contributed by atoms with Crippen LogP contribution in [0.4, 0.5) is 5.69 Å². The number of nitrogen functional groups attached to an aromatic ring is 1. The second-order valence-corrected chi connectivity index (χ2v) is 3.92. The Morgan fingerprint density at radius 3 is 2.85 bits per heavy atom. The van der Waals surface area contributed by atoms with Gasteiger partial charge in [0.25, 0.3) is 5.69 Å². The molecule has 0 bridgehead atoms. The van der Waals surface area contributed by atoms with E-state index in [4.69, 9.17) is 15.9 Å². The average Bonchev–Trinajstić information content (AvgIpc) is 2.41. The van der Waals surface area contributed by atoms with Crippen molar-refractivity contribution >= 4 is 11.5 Å². The summed E-state index contributed by atoms with van der Waals surface area (Å²) >= 11 is 0. The molecule has 8 heteroatoms. The zero-order chi connectivity index (χ0) is 14.7. The zero-order valence-corrected chi connectivity index (χ0v) is 10.5. The Kier molecular flexibility index (Phi) is 3.56. The average molecular weight is 273 g/mol. The van der Waals surface area contributed by atoms with Gasteiger partial charge >= 0.3 is 0 Å². The van der Waals surface area contributed by atoms with Gasteiger partial charge in [0.1, 0.15) is 11.6 Å². The molecule has 0 spiro atoms. The third-order valence-electron chi connectivity index (χ3n) is 2.64. The van der Waals surface area contributed by atoms with Crippen molar-refractivity contribution in [1.82, 2.24) is 10.2 Å². The SMILES string of the molecule is Cc1c(Oc2nnccc2C(=N)N)cccc1[N+](=O)[O-]. The number of aromatic nitrogens is 2. The summed E-state index contributed by atoms with van der Waals surface area (Å²) in [4.78, 5) is 10.4. The number of ether oxygens (including phenoxy) is 1. The van der Waals surface area contributed by atoms with Crippen molar-refractivity contribution in [3.05, 3.63) is 51.7 Å². The van der Waals surface area contributed by atoms with Crippen LogP contribution in [0.5, 0.6) is 11.6 Å². The normalized spacial score (nSPS) is 10.1. The van der Waals surface area contributed by atoms with Crippen LogP contribution in [0.15, 0.2) is 30.5 Å². The molecular formula is C12H11N5O3. The lowest BCUT2D eigenvalue weighted by atomic mass is 10.2. The second kappa shape index (κ2) is 5.31. The zero-order valence-electron chi connectivity index (χ0n) is 10.5. The molecular weight excluding hydrogens is 262 g/mol. The van der Waals surface area contributed by atoms with E-state index in [1.165, 1.54) is 24.4 Å². The molecule has 102 valence electrons. The number of hydrogen-bond donors (Lipinski definition) is 2. The second-order valence-electron chi connectivity index (χ2n) is 3.92. The summed E-state index contributed by atoms with van der Waals surface area (Å²) in [5.74, 6) is 0.0729. The molecule has 0 fully saturated rings. The van der Waals surface area contributed by atoms with Crippen molar-refractivity contribution in [3.63, 3.8) is 0 Å². The van der Waals surface area contributed by atoms with Gasteiger partial charge in [0.2, 0.25) is 5.88 Å². The number of hydrogen-bond acceptors (Lipinski definition) is 6. The topological polar surface area (TPSA) is 128 Å². The van der Waals surface area contributed by atoms with E-state index in [9.17, 15) is 10.1 Å². The predicted octanol–water partition coefficient (Wildman–Crippen LogP) is 1.77. The summed E-state index contributed by atoms with van der Waals surface area (Å²) in [7, 11) is 0. The minimum absolute atomic E-state index is 0.0311. The molecule has 2 aromatic rings. The van der Waals surface area contributed by atoms with Crippen LogP contribution in [0, 0.1) is 22.4 Å². The van der Waals surface area contributed by atoms with Gasteiger partial charge in [-0.25, -0.2) is 0 Å². The molecule has 0 unspecified atom stereocenters. The Balaban J connectivity index is 2.43. The van der Waals surface area contributed by atoms with Crippen molar-refractivity contribution in [3.8, 4) is 11.6 Å². The van der Waals surface area contributed by atoms with Crippen molar-refractivity contribution < 1.29 is 9.66 Å². The summed E-state index contributed by atoms with van der Waals surface area (Å²) < 4.78 is 5.49. The third-order valence-corrected chi connectivity index (χ3v) is 2.64. The lowest BCUT2D eigenvalue weighted by Crippen LogP contribution is -2.13. The van der Waals surface area contributed by atoms with Gasteiger partial charge in [-0.1, -0.05) is 6.07 Å². The summed E-state index contributed by atoms with van der Waals surface area (Å²) in [5.41, 5.74) is 5.98. The highest BCUT2D eigenvalue weighted by Crippen LogP contribution is 2.30. The Labute approximate surface area is 113 Å². The van der Waals surface area contributed by atoms with Crippen LogP contribution >= 0.6 is 0 Å². The molecule has 0 aliphatic rings. The summed E-state index contributed by atoms with van der Waals surface area (Å²) in [6.45, 7) is 1.57. The van der Waals surface area contributed by atoms with Gasteiger partial charge in [-0.15, -0.1) is 5.10 Å². The first kappa shape index (κ1) is 13.4. The van der Waals surface area contributed by atoms with Gasteiger partial charge in [-0.3, -0.25) is 15.5 Å². The predicted molar refractivity (Wildman–Crippen MR) is 71.0 cm³/mol. The van der Waals surface area contributed by atoms with Gasteiger partial charge in [-0.2, -0.15) is 5.10 Å². The molecule has 3 N–H and O–H groups in total. The van der Waals surface area contributed by atoms with E-state index in [0.29, 0.717) is 5.56 Å². The maximum atomic E-state index is 10.9. The molecule has 0 saturated heterocycles. The van der Waals surface area contributed by atoms with Crippen LogP contribution < -0.4 is 10.5 Å². The first-order valence-electron chi connectivity index (χ1n) is 5.58. The molecule has 20 heavy (non-hydrogen) atoms. The number of nitrogens with two attached hydrogens (primary N) is 1. The molecule has 8 nitrogen and oxygen atoms in total. The third kappa shape index (κ3) is 2.53. The number of nitro groups is 1. The van der Waals surface area contributed by atoms with E-state index in [-0.39, 0.29) is 28.7 Å². The number of nitrogens with zero attached hydrogens (tertiary/aromatic N) is 3. The van der Waals surface area contributed by atoms with Crippen LogP contribution in [0.2, 0.25) is 0 Å². The fourth-order valence-corrected chi connectivity index (χ4v) is 1.61. The van der Waals surface area contributed by atoms with Crippen molar-refractivity contribution in [2.45, 2.75) is 6.92 Å². The molecule has 1 aromatic carbocycles. The molecule has 0 saturated carbocycles. The number of nitrogens with one attached hydrogen (secondary N) is 1. The molecule has 1 heterocycles. The first-order chi connectivity index (χ1) is 9.50. The minimum Gasteiger partial charge on any atom is -0.436 e. The van der Waals surface area contributed by atoms with Gasteiger partial charge in [0.05, 0.1) is 22.2 Å². The van der Waals surface area contributed by atoms with Crippen LogP contribution in [0.25, 0.3) is 0 Å². The quantitative estimate of drug-likeness (QED) is 0.378. The van der Waals surface area contributed by atoms with Gasteiger partial charge in [0, 0.05) is 6.07 Å². The van der Waals surface area contributed by atoms with E-state index in [1.807, 2.05) is 0 Å². The highest BCUT2D eigenvalue weighted by atomic mass is 16.6. The van der Waals surface area contributed by atoms with Crippen molar-refractivity contribution in [2.24, 2.45) is 5.73 Å². The minimum atomic E-state index is -0.495. The molecule has 2 rings (SSSR count). The van der Waals surface area contributed by atoms with Gasteiger partial charge in [-0.05, 0) is 19.1 Å².